The van der Waals surface area contributed by atoms with E-state index in [0.717, 1.165) is 86.4 Å². The molecule has 35 heavy (non-hydrogen) atoms. The van der Waals surface area contributed by atoms with E-state index in [2.05, 4.69) is 64.4 Å². The second-order valence-corrected chi connectivity index (χ2v) is 10.3. The van der Waals surface area contributed by atoms with Gasteiger partial charge >= 0.3 is 0 Å². The third-order valence-electron chi connectivity index (χ3n) is 8.09. The van der Waals surface area contributed by atoms with Crippen LogP contribution in [0, 0.1) is 5.92 Å². The van der Waals surface area contributed by atoms with E-state index < -0.39 is 6.17 Å². The Hall–Kier alpha value is -2.93. The first-order valence-electron chi connectivity index (χ1n) is 13.1. The van der Waals surface area contributed by atoms with Crippen molar-refractivity contribution in [2.24, 2.45) is 5.92 Å². The van der Waals surface area contributed by atoms with Crippen LogP contribution in [0.1, 0.15) is 37.7 Å². The van der Waals surface area contributed by atoms with Crippen LogP contribution in [0.5, 0.6) is 0 Å². The van der Waals surface area contributed by atoms with Gasteiger partial charge in [0.05, 0.1) is 11.2 Å². The minimum atomic E-state index is -0.807. The number of hydrogen-bond acceptors (Lipinski definition) is 4. The number of anilines is 1. The quantitative estimate of drug-likeness (QED) is 0.555. The molecule has 3 aliphatic rings. The van der Waals surface area contributed by atoms with E-state index in [1.807, 2.05) is 15.6 Å². The number of alkyl halides is 1. The molecule has 2 unspecified atom stereocenters. The lowest BCUT2D eigenvalue weighted by molar-refractivity contribution is -0.132. The van der Waals surface area contributed by atoms with Gasteiger partial charge in [-0.3, -0.25) is 4.79 Å². The van der Waals surface area contributed by atoms with Gasteiger partial charge in [-0.15, -0.1) is 0 Å². The fourth-order valence-corrected chi connectivity index (χ4v) is 5.73. The van der Waals surface area contributed by atoms with Crippen molar-refractivity contribution in [3.63, 3.8) is 0 Å². The fraction of sp³-hybridized carbons (Fsp3) is 0.500. The molecule has 7 heteroatoms. The van der Waals surface area contributed by atoms with Crippen LogP contribution in [-0.2, 0) is 4.79 Å². The van der Waals surface area contributed by atoms with Crippen LogP contribution in [0.2, 0.25) is 0 Å². The lowest BCUT2D eigenvalue weighted by Gasteiger charge is -2.36. The largest absolute Gasteiger partial charge is 0.366 e. The molecule has 2 aliphatic heterocycles. The monoisotopic (exact) mass is 475 g/mol. The Balaban J connectivity index is 1.19. The van der Waals surface area contributed by atoms with Crippen LogP contribution in [0.15, 0.2) is 48.8 Å². The molecule has 0 spiro atoms. The molecule has 184 valence electrons. The van der Waals surface area contributed by atoms with Crippen molar-refractivity contribution in [2.45, 2.75) is 38.3 Å². The molecule has 6 rings (SSSR count). The van der Waals surface area contributed by atoms with Crippen LogP contribution < -0.4 is 4.90 Å². The van der Waals surface area contributed by atoms with Crippen LogP contribution in [0.4, 0.5) is 10.1 Å². The molecule has 0 radical (unpaired) electrons. The Kier molecular flexibility index (Phi) is 5.96. The lowest BCUT2D eigenvalue weighted by atomic mass is 9.87. The molecule has 0 bridgehead atoms. The molecule has 3 aromatic rings. The van der Waals surface area contributed by atoms with E-state index >= 15 is 0 Å². The zero-order valence-electron chi connectivity index (χ0n) is 20.4. The summed E-state index contributed by atoms with van der Waals surface area (Å²) in [5.41, 5.74) is 5.55. The predicted octanol–water partition coefficient (Wildman–Crippen LogP) is 4.21. The van der Waals surface area contributed by atoms with Crippen LogP contribution >= 0.6 is 0 Å². The van der Waals surface area contributed by atoms with Gasteiger partial charge in [0.25, 0.3) is 0 Å². The first-order valence-corrected chi connectivity index (χ1v) is 13.1. The minimum Gasteiger partial charge on any atom is -0.366 e. The highest BCUT2D eigenvalue weighted by Crippen LogP contribution is 2.34. The average Bonchev–Trinajstić information content (AvgIpc) is 3.66. The number of nitrogens with zero attached hydrogens (tertiary/aromatic N) is 5. The van der Waals surface area contributed by atoms with Crippen molar-refractivity contribution in [1.82, 2.24) is 19.4 Å². The molecule has 2 aromatic heterocycles. The zero-order valence-corrected chi connectivity index (χ0v) is 20.4. The van der Waals surface area contributed by atoms with E-state index in [4.69, 9.17) is 0 Å². The number of rotatable bonds is 5. The SMILES string of the molecule is CCN1CCC(c2ccc(-c3cc4c(N5CCN(C(=O)C6CC6)CC5)ccnn4c3)cc2)C(F)C1. The second kappa shape index (κ2) is 9.26. The molecular weight excluding hydrogens is 441 g/mol. The summed E-state index contributed by atoms with van der Waals surface area (Å²) < 4.78 is 16.7. The van der Waals surface area contributed by atoms with Crippen molar-refractivity contribution in [1.29, 1.82) is 0 Å². The average molecular weight is 476 g/mol. The number of carbonyl (C=O) groups is 1. The third kappa shape index (κ3) is 4.42. The molecule has 3 fully saturated rings. The van der Waals surface area contributed by atoms with Crippen molar-refractivity contribution in [2.75, 3.05) is 50.7 Å². The first-order chi connectivity index (χ1) is 17.1. The lowest BCUT2D eigenvalue weighted by Crippen LogP contribution is -2.49. The van der Waals surface area contributed by atoms with Gasteiger partial charge in [0, 0.05) is 62.5 Å². The molecule has 0 N–H and O–H groups in total. The minimum absolute atomic E-state index is 0.0151. The van der Waals surface area contributed by atoms with Crippen LogP contribution in [-0.4, -0.2) is 77.3 Å². The number of benzene rings is 1. The van der Waals surface area contributed by atoms with E-state index in [1.165, 1.54) is 0 Å². The maximum Gasteiger partial charge on any atom is 0.225 e. The van der Waals surface area contributed by atoms with E-state index in [9.17, 15) is 9.18 Å². The van der Waals surface area contributed by atoms with Gasteiger partial charge in [-0.2, -0.15) is 5.10 Å². The topological polar surface area (TPSA) is 44.1 Å². The number of fused-ring (bicyclic) bond motifs is 1. The Morgan fingerprint density at radius 1 is 1.00 bits per heavy atom. The highest BCUT2D eigenvalue weighted by Gasteiger charge is 2.35. The van der Waals surface area contributed by atoms with Gasteiger partial charge in [0.15, 0.2) is 0 Å². The molecule has 6 nitrogen and oxygen atoms in total. The smallest absolute Gasteiger partial charge is 0.225 e. The summed E-state index contributed by atoms with van der Waals surface area (Å²) in [6.07, 6.45) is 6.10. The van der Waals surface area contributed by atoms with E-state index in [0.29, 0.717) is 12.5 Å². The number of hydrogen-bond donors (Lipinski definition) is 0. The van der Waals surface area contributed by atoms with E-state index in [-0.39, 0.29) is 11.8 Å². The molecule has 4 heterocycles. The van der Waals surface area contributed by atoms with Crippen molar-refractivity contribution in [3.05, 3.63) is 54.4 Å². The van der Waals surface area contributed by atoms with Gasteiger partial charge in [0.2, 0.25) is 5.91 Å². The van der Waals surface area contributed by atoms with Crippen molar-refractivity contribution in [3.8, 4) is 11.1 Å². The van der Waals surface area contributed by atoms with Crippen molar-refractivity contribution < 1.29 is 9.18 Å². The summed E-state index contributed by atoms with van der Waals surface area (Å²) >= 11 is 0. The number of likely N-dealkylation sites (tertiary alicyclic amines) is 1. The Morgan fingerprint density at radius 3 is 2.46 bits per heavy atom. The van der Waals surface area contributed by atoms with Gasteiger partial charge in [-0.25, -0.2) is 8.91 Å². The normalized spacial score (nSPS) is 23.7. The van der Waals surface area contributed by atoms with Crippen molar-refractivity contribution >= 4 is 17.1 Å². The van der Waals surface area contributed by atoms with Gasteiger partial charge < -0.3 is 14.7 Å². The van der Waals surface area contributed by atoms with Gasteiger partial charge in [0.1, 0.15) is 6.17 Å². The van der Waals surface area contributed by atoms with Crippen LogP contribution in [0.3, 0.4) is 0 Å². The summed E-state index contributed by atoms with van der Waals surface area (Å²) in [5.74, 6) is 0.611. The fourth-order valence-electron chi connectivity index (χ4n) is 5.73. The number of piperidine rings is 1. The molecular formula is C28H34FN5O. The third-order valence-corrected chi connectivity index (χ3v) is 8.09. The predicted molar refractivity (Wildman–Crippen MR) is 137 cm³/mol. The summed E-state index contributed by atoms with van der Waals surface area (Å²) in [5, 5.41) is 4.54. The number of piperazine rings is 1. The molecule has 1 saturated carbocycles. The Morgan fingerprint density at radius 2 is 1.77 bits per heavy atom. The molecule has 1 aliphatic carbocycles. The maximum atomic E-state index is 14.8. The van der Waals surface area contributed by atoms with Gasteiger partial charge in [-0.1, -0.05) is 31.2 Å². The summed E-state index contributed by atoms with van der Waals surface area (Å²) in [7, 11) is 0. The summed E-state index contributed by atoms with van der Waals surface area (Å²) in [4.78, 5) is 19.0. The van der Waals surface area contributed by atoms with Gasteiger partial charge in [-0.05, 0) is 55.6 Å². The first kappa shape index (κ1) is 22.5. The Bertz CT molecular complexity index is 1200. The number of carbonyl (C=O) groups excluding carboxylic acids is 1. The highest BCUT2D eigenvalue weighted by molar-refractivity contribution is 5.82. The summed E-state index contributed by atoms with van der Waals surface area (Å²) in [6.45, 7) is 7.76. The highest BCUT2D eigenvalue weighted by atomic mass is 19.1. The van der Waals surface area contributed by atoms with Crippen LogP contribution in [0.25, 0.3) is 16.6 Å². The number of aromatic nitrogens is 2. The second-order valence-electron chi connectivity index (χ2n) is 10.3. The van der Waals surface area contributed by atoms with E-state index in [1.54, 1.807) is 0 Å². The standard InChI is InChI=1S/C28H34FN5O/c1-2-31-12-10-24(25(29)19-31)21-5-3-20(4-6-21)23-17-27-26(9-11-30-34(27)18-23)32-13-15-33(16-14-32)28(35)22-7-8-22/h3-6,9,11,17-18,22,24-25H,2,7-8,10,12-16,19H2,1H3. The molecule has 1 aromatic carbocycles. The summed E-state index contributed by atoms with van der Waals surface area (Å²) in [6, 6.07) is 12.7. The zero-order chi connectivity index (χ0) is 23.9. The molecule has 2 saturated heterocycles. The molecule has 2 atom stereocenters. The molecule has 1 amide bonds. The number of amides is 1. The number of halogens is 1. The maximum absolute atomic E-state index is 14.8. The Labute approximate surface area is 206 Å².